The van der Waals surface area contributed by atoms with Gasteiger partial charge in [0.2, 0.25) is 5.82 Å². The number of hydrogen-bond donors (Lipinski definition) is 0. The molecule has 2 aromatic carbocycles. The van der Waals surface area contributed by atoms with Crippen LogP contribution in [-0.4, -0.2) is 41.2 Å². The Bertz CT molecular complexity index is 941. The lowest BCUT2D eigenvalue weighted by molar-refractivity contribution is 0.242. The van der Waals surface area contributed by atoms with Crippen molar-refractivity contribution >= 4 is 17.6 Å². The molecule has 140 valence electrons. The average Bonchev–Trinajstić information content (AvgIpc) is 3.17. The summed E-state index contributed by atoms with van der Waals surface area (Å²) in [5.74, 6) is -1.61. The predicted molar refractivity (Wildman–Crippen MR) is 98.6 cm³/mol. The van der Waals surface area contributed by atoms with E-state index in [0.29, 0.717) is 11.6 Å². The minimum atomic E-state index is -0.938. The molecule has 1 aromatic heterocycles. The highest BCUT2D eigenvalue weighted by Crippen LogP contribution is 2.23. The van der Waals surface area contributed by atoms with Crippen LogP contribution in [0.1, 0.15) is 5.56 Å². The average molecular weight is 391 g/mol. The summed E-state index contributed by atoms with van der Waals surface area (Å²) in [6.07, 6.45) is 0. The van der Waals surface area contributed by atoms with Crippen LogP contribution in [0, 0.1) is 11.6 Å². The van der Waals surface area contributed by atoms with E-state index in [2.05, 4.69) is 15.0 Å². The minimum Gasteiger partial charge on any atom is -0.322 e. The van der Waals surface area contributed by atoms with Gasteiger partial charge in [0.1, 0.15) is 0 Å². The summed E-state index contributed by atoms with van der Waals surface area (Å²) in [5, 5.41) is 4.65. The first-order valence-electron chi connectivity index (χ1n) is 8.60. The fraction of sp³-hybridized carbons (Fsp3) is 0.263. The van der Waals surface area contributed by atoms with Gasteiger partial charge in [-0.05, 0) is 29.8 Å². The van der Waals surface area contributed by atoms with Gasteiger partial charge in [-0.1, -0.05) is 35.0 Å². The molecule has 0 amide bonds. The van der Waals surface area contributed by atoms with Crippen molar-refractivity contribution in [2.24, 2.45) is 0 Å². The first-order valence-corrected chi connectivity index (χ1v) is 8.98. The Morgan fingerprint density at radius 3 is 2.52 bits per heavy atom. The van der Waals surface area contributed by atoms with Gasteiger partial charge in [-0.3, -0.25) is 4.90 Å². The Morgan fingerprint density at radius 2 is 1.78 bits per heavy atom. The Balaban J connectivity index is 1.39. The zero-order chi connectivity index (χ0) is 18.8. The number of nitrogens with zero attached hydrogens (tertiary/aromatic N) is 4. The normalized spacial score (nSPS) is 15.3. The van der Waals surface area contributed by atoms with Crippen molar-refractivity contribution in [2.45, 2.75) is 6.54 Å². The lowest BCUT2D eigenvalue weighted by atomic mass is 10.2. The lowest BCUT2D eigenvalue weighted by Crippen LogP contribution is -2.46. The number of hydrogen-bond acceptors (Lipinski definition) is 5. The third kappa shape index (κ3) is 3.94. The van der Waals surface area contributed by atoms with Gasteiger partial charge in [-0.15, -0.1) is 0 Å². The molecule has 0 N–H and O–H groups in total. The molecule has 4 rings (SSSR count). The standard InChI is InChI=1S/C19H17ClF2N4O/c20-15-4-2-1-3-14(15)12-25-7-9-26(10-8-25)19-23-18(24-27-19)13-5-6-16(21)17(22)11-13/h1-6,11H,7-10,12H2. The smallest absolute Gasteiger partial charge is 0.322 e. The third-order valence-corrected chi connectivity index (χ3v) is 4.96. The Kier molecular flexibility index (Phi) is 5.05. The van der Waals surface area contributed by atoms with E-state index >= 15 is 0 Å². The number of halogens is 3. The van der Waals surface area contributed by atoms with Crippen molar-refractivity contribution in [1.29, 1.82) is 0 Å². The van der Waals surface area contributed by atoms with E-state index in [1.807, 2.05) is 29.2 Å². The molecular weight excluding hydrogens is 374 g/mol. The van der Waals surface area contributed by atoms with Crippen molar-refractivity contribution in [2.75, 3.05) is 31.1 Å². The second kappa shape index (κ2) is 7.62. The maximum atomic E-state index is 13.4. The van der Waals surface area contributed by atoms with Gasteiger partial charge < -0.3 is 9.42 Å². The molecule has 5 nitrogen and oxygen atoms in total. The van der Waals surface area contributed by atoms with E-state index in [4.69, 9.17) is 16.1 Å². The van der Waals surface area contributed by atoms with E-state index in [9.17, 15) is 8.78 Å². The summed E-state index contributed by atoms with van der Waals surface area (Å²) in [4.78, 5) is 8.61. The molecule has 1 fully saturated rings. The zero-order valence-corrected chi connectivity index (χ0v) is 15.2. The molecular formula is C19H17ClF2N4O. The maximum absolute atomic E-state index is 13.4. The van der Waals surface area contributed by atoms with Gasteiger partial charge in [0.25, 0.3) is 0 Å². The minimum absolute atomic E-state index is 0.238. The molecule has 1 saturated heterocycles. The maximum Gasteiger partial charge on any atom is 0.324 e. The Hall–Kier alpha value is -2.51. The van der Waals surface area contributed by atoms with Crippen LogP contribution in [0.5, 0.6) is 0 Å². The van der Waals surface area contributed by atoms with Gasteiger partial charge in [-0.2, -0.15) is 4.98 Å². The molecule has 0 saturated carbocycles. The SMILES string of the molecule is Fc1ccc(-c2noc(N3CCN(Cc4ccccc4Cl)CC3)n2)cc1F. The summed E-state index contributed by atoms with van der Waals surface area (Å²) in [6.45, 7) is 3.90. The van der Waals surface area contributed by atoms with Crippen molar-refractivity contribution in [3.05, 3.63) is 64.7 Å². The fourth-order valence-corrected chi connectivity index (χ4v) is 3.26. The number of anilines is 1. The van der Waals surface area contributed by atoms with E-state index in [1.54, 1.807) is 0 Å². The third-order valence-electron chi connectivity index (χ3n) is 4.59. The number of aromatic nitrogens is 2. The molecule has 0 atom stereocenters. The summed E-state index contributed by atoms with van der Waals surface area (Å²) < 4.78 is 31.8. The highest BCUT2D eigenvalue weighted by Gasteiger charge is 2.22. The van der Waals surface area contributed by atoms with Crippen LogP contribution in [0.25, 0.3) is 11.4 Å². The second-order valence-electron chi connectivity index (χ2n) is 6.38. The van der Waals surface area contributed by atoms with Crippen LogP contribution >= 0.6 is 11.6 Å². The molecule has 2 heterocycles. The fourth-order valence-electron chi connectivity index (χ4n) is 3.06. The van der Waals surface area contributed by atoms with Crippen LogP contribution in [0.3, 0.4) is 0 Å². The van der Waals surface area contributed by atoms with Gasteiger partial charge in [0, 0.05) is 43.3 Å². The van der Waals surface area contributed by atoms with Gasteiger partial charge in [0.15, 0.2) is 11.6 Å². The van der Waals surface area contributed by atoms with Crippen LogP contribution in [0.4, 0.5) is 14.8 Å². The second-order valence-corrected chi connectivity index (χ2v) is 6.79. The van der Waals surface area contributed by atoms with E-state index < -0.39 is 11.6 Å². The number of benzene rings is 2. The van der Waals surface area contributed by atoms with E-state index in [0.717, 1.165) is 55.4 Å². The number of rotatable bonds is 4. The van der Waals surface area contributed by atoms with Crippen LogP contribution < -0.4 is 4.90 Å². The molecule has 27 heavy (non-hydrogen) atoms. The monoisotopic (exact) mass is 390 g/mol. The highest BCUT2D eigenvalue weighted by atomic mass is 35.5. The molecule has 0 aliphatic carbocycles. The van der Waals surface area contributed by atoms with Crippen LogP contribution in [0.15, 0.2) is 47.0 Å². The quantitative estimate of drug-likeness (QED) is 0.674. The van der Waals surface area contributed by atoms with Crippen LogP contribution in [0.2, 0.25) is 5.02 Å². The molecule has 0 bridgehead atoms. The molecule has 1 aliphatic heterocycles. The zero-order valence-electron chi connectivity index (χ0n) is 14.4. The summed E-state index contributed by atoms with van der Waals surface area (Å²) >= 11 is 6.23. The summed E-state index contributed by atoms with van der Waals surface area (Å²) in [6, 6.07) is 11.7. The van der Waals surface area contributed by atoms with Crippen molar-refractivity contribution in [3.8, 4) is 11.4 Å². The Labute approximate surface area is 160 Å². The van der Waals surface area contributed by atoms with E-state index in [-0.39, 0.29) is 5.82 Å². The van der Waals surface area contributed by atoms with Gasteiger partial charge in [-0.25, -0.2) is 8.78 Å². The molecule has 0 unspecified atom stereocenters. The number of piperazine rings is 1. The lowest BCUT2D eigenvalue weighted by Gasteiger charge is -2.33. The van der Waals surface area contributed by atoms with E-state index in [1.165, 1.54) is 6.07 Å². The molecule has 0 spiro atoms. The Morgan fingerprint density at radius 1 is 1.00 bits per heavy atom. The molecule has 0 radical (unpaired) electrons. The first kappa shape index (κ1) is 17.9. The van der Waals surface area contributed by atoms with Crippen molar-refractivity contribution in [3.63, 3.8) is 0 Å². The van der Waals surface area contributed by atoms with Crippen molar-refractivity contribution in [1.82, 2.24) is 15.0 Å². The van der Waals surface area contributed by atoms with Crippen LogP contribution in [-0.2, 0) is 6.54 Å². The summed E-state index contributed by atoms with van der Waals surface area (Å²) in [7, 11) is 0. The molecule has 8 heteroatoms. The topological polar surface area (TPSA) is 45.4 Å². The van der Waals surface area contributed by atoms with Gasteiger partial charge >= 0.3 is 6.01 Å². The molecule has 3 aromatic rings. The highest BCUT2D eigenvalue weighted by molar-refractivity contribution is 6.31. The summed E-state index contributed by atoms with van der Waals surface area (Å²) in [5.41, 5.74) is 1.48. The van der Waals surface area contributed by atoms with Gasteiger partial charge in [0.05, 0.1) is 0 Å². The molecule has 1 aliphatic rings. The predicted octanol–water partition coefficient (Wildman–Crippen LogP) is 3.99. The van der Waals surface area contributed by atoms with Crippen molar-refractivity contribution < 1.29 is 13.3 Å². The largest absolute Gasteiger partial charge is 0.324 e. The first-order chi connectivity index (χ1) is 13.1.